The number of fused-ring (bicyclic) bond motifs is 1. The van der Waals surface area contributed by atoms with E-state index in [0.717, 1.165) is 48.7 Å². The summed E-state index contributed by atoms with van der Waals surface area (Å²) in [5.41, 5.74) is 2.51. The first-order chi connectivity index (χ1) is 22.4. The second kappa shape index (κ2) is 16.6. The summed E-state index contributed by atoms with van der Waals surface area (Å²) in [6.07, 6.45) is 3.34. The Hall–Kier alpha value is -3.37. The Labute approximate surface area is 279 Å². The molecule has 47 heavy (non-hydrogen) atoms. The van der Waals surface area contributed by atoms with E-state index in [9.17, 15) is 13.6 Å². The molecule has 6 nitrogen and oxygen atoms in total. The molecule has 0 saturated heterocycles. The Morgan fingerprint density at radius 2 is 1.53 bits per heavy atom. The lowest BCUT2D eigenvalue weighted by Gasteiger charge is -2.39. The number of H-pyrrole nitrogens is 1. The number of ether oxygens (including phenoxy) is 2. The molecule has 0 saturated carbocycles. The minimum Gasteiger partial charge on any atom is -0.487 e. The van der Waals surface area contributed by atoms with Crippen molar-refractivity contribution in [1.82, 2.24) is 10.3 Å². The highest BCUT2D eigenvalue weighted by Gasteiger charge is 2.39. The van der Waals surface area contributed by atoms with Gasteiger partial charge in [0.15, 0.2) is 8.32 Å². The zero-order valence-corrected chi connectivity index (χ0v) is 29.4. The number of unbranched alkanes of at least 4 members (excludes halogenated alkanes) is 3. The predicted molar refractivity (Wildman–Crippen MR) is 189 cm³/mol. The summed E-state index contributed by atoms with van der Waals surface area (Å²) in [5, 5.41) is 4.52. The van der Waals surface area contributed by atoms with Crippen molar-refractivity contribution in [3.8, 4) is 5.75 Å². The van der Waals surface area contributed by atoms with Crippen LogP contribution in [0.4, 0.5) is 8.78 Å². The fraction of sp³-hybridized carbons (Fsp3) is 0.447. The van der Waals surface area contributed by atoms with Gasteiger partial charge in [0.2, 0.25) is 5.56 Å². The highest BCUT2D eigenvalue weighted by Crippen LogP contribution is 2.41. The molecule has 0 bridgehead atoms. The molecule has 0 aliphatic rings. The van der Waals surface area contributed by atoms with Gasteiger partial charge in [0.25, 0.3) is 5.92 Å². The molecule has 1 aromatic heterocycles. The van der Waals surface area contributed by atoms with Gasteiger partial charge in [0.05, 0.1) is 11.6 Å². The lowest BCUT2D eigenvalue weighted by atomic mass is 10.0. The Morgan fingerprint density at radius 3 is 2.23 bits per heavy atom. The van der Waals surface area contributed by atoms with Crippen LogP contribution in [0.3, 0.4) is 0 Å². The van der Waals surface area contributed by atoms with Crippen molar-refractivity contribution in [3.63, 3.8) is 0 Å². The van der Waals surface area contributed by atoms with Crippen LogP contribution >= 0.6 is 0 Å². The van der Waals surface area contributed by atoms with E-state index in [1.807, 2.05) is 42.5 Å². The smallest absolute Gasteiger partial charge is 0.296 e. The second-order valence-electron chi connectivity index (χ2n) is 13.6. The number of aromatic amines is 1. The maximum absolute atomic E-state index is 14.3. The van der Waals surface area contributed by atoms with Gasteiger partial charge in [-0.25, -0.2) is 0 Å². The molecule has 0 radical (unpaired) electrons. The number of halogens is 2. The zero-order chi connectivity index (χ0) is 33.9. The van der Waals surface area contributed by atoms with Crippen molar-refractivity contribution in [2.75, 3.05) is 26.3 Å². The van der Waals surface area contributed by atoms with Crippen molar-refractivity contribution in [2.24, 2.45) is 0 Å². The van der Waals surface area contributed by atoms with E-state index >= 15 is 0 Å². The lowest BCUT2D eigenvalue weighted by Crippen LogP contribution is -2.43. The maximum atomic E-state index is 14.3. The topological polar surface area (TPSA) is 72.6 Å². The van der Waals surface area contributed by atoms with Gasteiger partial charge in [-0.05, 0) is 60.8 Å². The molecule has 2 N–H and O–H groups in total. The van der Waals surface area contributed by atoms with Crippen LogP contribution in [-0.2, 0) is 21.7 Å². The number of benzene rings is 3. The minimum absolute atomic E-state index is 0.0151. The predicted octanol–water partition coefficient (Wildman–Crippen LogP) is 9.13. The van der Waals surface area contributed by atoms with Crippen molar-refractivity contribution in [3.05, 3.63) is 112 Å². The van der Waals surface area contributed by atoms with E-state index in [2.05, 4.69) is 50.2 Å². The quantitative estimate of drug-likeness (QED) is 0.0820. The summed E-state index contributed by atoms with van der Waals surface area (Å²) in [6.45, 7) is 12.7. The van der Waals surface area contributed by atoms with E-state index in [1.165, 1.54) is 12.1 Å². The van der Waals surface area contributed by atoms with E-state index in [-0.39, 0.29) is 22.3 Å². The van der Waals surface area contributed by atoms with Crippen LogP contribution in [0.15, 0.2) is 89.7 Å². The third kappa shape index (κ3) is 10.6. The van der Waals surface area contributed by atoms with Gasteiger partial charge in [-0.2, -0.15) is 8.78 Å². The Balaban J connectivity index is 1.34. The SMILES string of the molecule is CC(C)(C)[Si](C)(C)O[C@@H](CNCCCCCCOCC(F)(F)c1ccccc1)c1ccc(OCc2ccccc2)c2[nH]c(=O)ccc12. The molecule has 4 aromatic rings. The molecule has 4 rings (SSSR count). The van der Waals surface area contributed by atoms with Gasteiger partial charge in [0, 0.05) is 30.2 Å². The van der Waals surface area contributed by atoms with Crippen LogP contribution in [0.2, 0.25) is 18.1 Å². The molecular weight excluding hydrogens is 615 g/mol. The summed E-state index contributed by atoms with van der Waals surface area (Å²) < 4.78 is 47.1. The fourth-order valence-electron chi connectivity index (χ4n) is 5.14. The number of hydrogen-bond donors (Lipinski definition) is 2. The van der Waals surface area contributed by atoms with Crippen molar-refractivity contribution < 1.29 is 22.7 Å². The number of alkyl halides is 2. The van der Waals surface area contributed by atoms with Crippen LogP contribution in [0.5, 0.6) is 5.75 Å². The molecular formula is C38H50F2N2O4Si. The zero-order valence-electron chi connectivity index (χ0n) is 28.4. The van der Waals surface area contributed by atoms with E-state index in [1.54, 1.807) is 24.3 Å². The largest absolute Gasteiger partial charge is 0.487 e. The Morgan fingerprint density at radius 1 is 0.851 bits per heavy atom. The van der Waals surface area contributed by atoms with Gasteiger partial charge in [-0.15, -0.1) is 0 Å². The first kappa shape index (κ1) is 36.5. The molecule has 0 unspecified atom stereocenters. The third-order valence-electron chi connectivity index (χ3n) is 8.92. The first-order valence-corrected chi connectivity index (χ1v) is 19.5. The molecule has 1 atom stereocenters. The summed E-state index contributed by atoms with van der Waals surface area (Å²) in [6, 6.07) is 25.1. The van der Waals surface area contributed by atoms with Gasteiger partial charge < -0.3 is 24.2 Å². The Bertz CT molecular complexity index is 1590. The van der Waals surface area contributed by atoms with Gasteiger partial charge >= 0.3 is 0 Å². The number of pyridine rings is 1. The normalized spacial score (nSPS) is 13.2. The summed E-state index contributed by atoms with van der Waals surface area (Å²) in [4.78, 5) is 15.4. The van der Waals surface area contributed by atoms with Gasteiger partial charge in [0.1, 0.15) is 19.0 Å². The van der Waals surface area contributed by atoms with Crippen LogP contribution in [0, 0.1) is 0 Å². The Kier molecular flexibility index (Phi) is 12.9. The average Bonchev–Trinajstić information content (AvgIpc) is 3.04. The number of aromatic nitrogens is 1. The highest BCUT2D eigenvalue weighted by molar-refractivity contribution is 6.74. The van der Waals surface area contributed by atoms with Crippen LogP contribution in [0.1, 0.15) is 69.2 Å². The molecule has 3 aromatic carbocycles. The second-order valence-corrected chi connectivity index (χ2v) is 18.4. The lowest BCUT2D eigenvalue weighted by molar-refractivity contribution is -0.0831. The van der Waals surface area contributed by atoms with Crippen LogP contribution in [0.25, 0.3) is 10.9 Å². The first-order valence-electron chi connectivity index (χ1n) is 16.6. The molecule has 0 amide bonds. The molecule has 0 fully saturated rings. The molecule has 0 spiro atoms. The standard InChI is InChI=1S/C38H50F2N2O4Si/c1-37(2,3)47(4,5)46-34(26-41-24-14-6-7-15-25-44-28-38(39,40)30-18-12-9-13-19-30)31-20-22-33(36-32(31)21-23-35(43)42-36)45-27-29-16-10-8-11-17-29/h8-13,16-23,34,41H,6-7,14-15,24-28H2,1-5H3,(H,42,43)/t34-/m0/s1. The fourth-order valence-corrected chi connectivity index (χ4v) is 6.41. The van der Waals surface area contributed by atoms with Crippen molar-refractivity contribution in [2.45, 2.75) is 83.2 Å². The van der Waals surface area contributed by atoms with Crippen molar-refractivity contribution >= 4 is 19.2 Å². The third-order valence-corrected chi connectivity index (χ3v) is 13.4. The summed E-state index contributed by atoms with van der Waals surface area (Å²) >= 11 is 0. The van der Waals surface area contributed by atoms with Gasteiger partial charge in [-0.3, -0.25) is 4.79 Å². The van der Waals surface area contributed by atoms with Crippen LogP contribution in [-0.4, -0.2) is 39.6 Å². The summed E-state index contributed by atoms with van der Waals surface area (Å²) in [7, 11) is -2.16. The number of nitrogens with one attached hydrogen (secondary N) is 2. The molecule has 0 aliphatic carbocycles. The molecule has 254 valence electrons. The van der Waals surface area contributed by atoms with E-state index < -0.39 is 20.8 Å². The maximum Gasteiger partial charge on any atom is 0.296 e. The van der Waals surface area contributed by atoms with E-state index in [0.29, 0.717) is 31.0 Å². The van der Waals surface area contributed by atoms with Crippen LogP contribution < -0.4 is 15.6 Å². The average molecular weight is 665 g/mol. The highest BCUT2D eigenvalue weighted by atomic mass is 28.4. The number of rotatable bonds is 18. The molecule has 0 aliphatic heterocycles. The minimum atomic E-state index is -2.98. The monoisotopic (exact) mass is 664 g/mol. The molecule has 9 heteroatoms. The van der Waals surface area contributed by atoms with Gasteiger partial charge in [-0.1, -0.05) is 100 Å². The van der Waals surface area contributed by atoms with E-state index in [4.69, 9.17) is 13.9 Å². The number of hydrogen-bond acceptors (Lipinski definition) is 5. The molecule has 1 heterocycles. The van der Waals surface area contributed by atoms with Crippen molar-refractivity contribution in [1.29, 1.82) is 0 Å². The summed E-state index contributed by atoms with van der Waals surface area (Å²) in [5.74, 6) is -2.36.